The summed E-state index contributed by atoms with van der Waals surface area (Å²) in [6.07, 6.45) is 4.77. The summed E-state index contributed by atoms with van der Waals surface area (Å²) < 4.78 is 5.55. The predicted molar refractivity (Wildman–Crippen MR) is 114 cm³/mol. The Balaban J connectivity index is 1.47. The maximum atomic E-state index is 13.5. The lowest BCUT2D eigenvalue weighted by Crippen LogP contribution is -2.31. The van der Waals surface area contributed by atoms with E-state index in [1.54, 1.807) is 23.4 Å². The van der Waals surface area contributed by atoms with Crippen molar-refractivity contribution in [2.75, 3.05) is 6.54 Å². The summed E-state index contributed by atoms with van der Waals surface area (Å²) in [6, 6.07) is 12.7. The van der Waals surface area contributed by atoms with Crippen molar-refractivity contribution in [1.82, 2.24) is 30.0 Å². The second-order valence-corrected chi connectivity index (χ2v) is 7.84. The van der Waals surface area contributed by atoms with Crippen molar-refractivity contribution in [3.63, 3.8) is 0 Å². The Hall–Kier alpha value is -3.52. The van der Waals surface area contributed by atoms with Crippen molar-refractivity contribution >= 4 is 17.5 Å². The highest BCUT2D eigenvalue weighted by Gasteiger charge is 2.35. The topological polar surface area (TPSA) is 89.9 Å². The number of aromatic nitrogens is 5. The Morgan fingerprint density at radius 3 is 2.77 bits per heavy atom. The molecule has 1 aliphatic heterocycles. The molecule has 156 valence electrons. The molecule has 0 N–H and O–H groups in total. The van der Waals surface area contributed by atoms with Gasteiger partial charge in [0, 0.05) is 12.1 Å². The minimum absolute atomic E-state index is 0.118. The van der Waals surface area contributed by atoms with Crippen LogP contribution in [0.1, 0.15) is 40.7 Å². The number of carbonyl (C=O) groups is 1. The first-order chi connectivity index (χ1) is 15.1. The van der Waals surface area contributed by atoms with E-state index in [0.29, 0.717) is 40.1 Å². The van der Waals surface area contributed by atoms with Crippen LogP contribution in [0.2, 0.25) is 5.02 Å². The molecular weight excluding hydrogens is 416 g/mol. The molecule has 4 aromatic rings. The summed E-state index contributed by atoms with van der Waals surface area (Å²) >= 11 is 6.27. The molecule has 31 heavy (non-hydrogen) atoms. The van der Waals surface area contributed by atoms with Gasteiger partial charge in [0.1, 0.15) is 6.04 Å². The van der Waals surface area contributed by atoms with E-state index in [1.165, 1.54) is 4.80 Å². The molecule has 5 rings (SSSR count). The number of benzene rings is 2. The molecule has 1 aliphatic rings. The maximum Gasteiger partial charge on any atom is 0.256 e. The van der Waals surface area contributed by atoms with Gasteiger partial charge in [0.15, 0.2) is 0 Å². The highest BCUT2D eigenvalue weighted by atomic mass is 35.5. The first-order valence-electron chi connectivity index (χ1n) is 9.98. The molecule has 1 atom stereocenters. The summed E-state index contributed by atoms with van der Waals surface area (Å²) in [5.74, 6) is 0.704. The SMILES string of the molecule is Cc1ccc(C(=O)N2CCCC2c2nc(-c3ccccc3Cl)no2)c(-n2nccn2)c1. The number of aryl methyl sites for hydroxylation is 1. The van der Waals surface area contributed by atoms with Crippen molar-refractivity contribution in [3.8, 4) is 17.1 Å². The molecule has 1 unspecified atom stereocenters. The van der Waals surface area contributed by atoms with E-state index in [9.17, 15) is 4.79 Å². The summed E-state index contributed by atoms with van der Waals surface area (Å²) in [5, 5.41) is 13.0. The largest absolute Gasteiger partial charge is 0.337 e. The molecule has 1 saturated heterocycles. The smallest absolute Gasteiger partial charge is 0.256 e. The quantitative estimate of drug-likeness (QED) is 0.476. The van der Waals surface area contributed by atoms with Crippen LogP contribution in [0, 0.1) is 6.92 Å². The minimum Gasteiger partial charge on any atom is -0.337 e. The lowest BCUT2D eigenvalue weighted by Gasteiger charge is -2.23. The zero-order valence-corrected chi connectivity index (χ0v) is 17.5. The zero-order valence-electron chi connectivity index (χ0n) is 16.8. The van der Waals surface area contributed by atoms with Crippen LogP contribution in [0.4, 0.5) is 0 Å². The molecule has 2 aromatic heterocycles. The van der Waals surface area contributed by atoms with E-state index >= 15 is 0 Å². The van der Waals surface area contributed by atoms with Gasteiger partial charge in [-0.05, 0) is 49.6 Å². The summed E-state index contributed by atoms with van der Waals surface area (Å²) in [5.41, 5.74) is 2.88. The van der Waals surface area contributed by atoms with Crippen molar-refractivity contribution in [2.24, 2.45) is 0 Å². The first-order valence-corrected chi connectivity index (χ1v) is 10.4. The van der Waals surface area contributed by atoms with Crippen LogP contribution in [0.3, 0.4) is 0 Å². The van der Waals surface area contributed by atoms with Crippen LogP contribution in [0.15, 0.2) is 59.4 Å². The van der Waals surface area contributed by atoms with Crippen molar-refractivity contribution in [1.29, 1.82) is 0 Å². The number of halogens is 1. The van der Waals surface area contributed by atoms with E-state index in [1.807, 2.05) is 43.3 Å². The van der Waals surface area contributed by atoms with Gasteiger partial charge in [-0.25, -0.2) is 0 Å². The normalized spacial score (nSPS) is 16.1. The van der Waals surface area contributed by atoms with Gasteiger partial charge in [-0.15, -0.1) is 0 Å². The molecule has 3 heterocycles. The molecule has 9 heteroatoms. The molecular formula is C22H19ClN6O2. The minimum atomic E-state index is -0.295. The molecule has 0 bridgehead atoms. The summed E-state index contributed by atoms with van der Waals surface area (Å²) in [6.45, 7) is 2.57. The second kappa shape index (κ2) is 7.96. The van der Waals surface area contributed by atoms with Crippen molar-refractivity contribution < 1.29 is 9.32 Å². The third-order valence-corrected chi connectivity index (χ3v) is 5.70. The van der Waals surface area contributed by atoms with Crippen molar-refractivity contribution in [3.05, 3.63) is 76.9 Å². The highest BCUT2D eigenvalue weighted by Crippen LogP contribution is 2.35. The fourth-order valence-corrected chi connectivity index (χ4v) is 4.09. The summed E-state index contributed by atoms with van der Waals surface area (Å²) in [7, 11) is 0. The fraction of sp³-hybridized carbons (Fsp3) is 0.227. The van der Waals surface area contributed by atoms with Crippen LogP contribution in [-0.4, -0.2) is 42.5 Å². The Morgan fingerprint density at radius 1 is 1.16 bits per heavy atom. The van der Waals surface area contributed by atoms with Crippen LogP contribution in [-0.2, 0) is 0 Å². The van der Waals surface area contributed by atoms with Gasteiger partial charge in [-0.1, -0.05) is 35.0 Å². The average molecular weight is 435 g/mol. The zero-order chi connectivity index (χ0) is 21.4. The van der Waals surface area contributed by atoms with E-state index in [4.69, 9.17) is 16.1 Å². The van der Waals surface area contributed by atoms with Crippen LogP contribution in [0.5, 0.6) is 0 Å². The van der Waals surface area contributed by atoms with Gasteiger partial charge in [-0.3, -0.25) is 4.79 Å². The number of rotatable bonds is 4. The monoisotopic (exact) mass is 434 g/mol. The van der Waals surface area contributed by atoms with Crippen LogP contribution in [0.25, 0.3) is 17.1 Å². The Morgan fingerprint density at radius 2 is 1.97 bits per heavy atom. The van der Waals surface area contributed by atoms with Gasteiger partial charge < -0.3 is 9.42 Å². The standard InChI is InChI=1S/C22H19ClN6O2/c1-14-8-9-16(19(13-14)29-24-10-11-25-29)22(30)28-12-4-7-18(28)21-26-20(27-31-21)15-5-2-3-6-17(15)23/h2-3,5-6,8-11,13,18H,4,7,12H2,1H3. The fourth-order valence-electron chi connectivity index (χ4n) is 3.87. The molecule has 0 spiro atoms. The maximum absolute atomic E-state index is 13.5. The van der Waals surface area contributed by atoms with E-state index < -0.39 is 0 Å². The lowest BCUT2D eigenvalue weighted by molar-refractivity contribution is 0.0709. The molecule has 1 amide bonds. The molecule has 2 aromatic carbocycles. The highest BCUT2D eigenvalue weighted by molar-refractivity contribution is 6.33. The predicted octanol–water partition coefficient (Wildman–Crippen LogP) is 4.26. The van der Waals surface area contributed by atoms with Gasteiger partial charge in [-0.2, -0.15) is 20.0 Å². The Bertz CT molecular complexity index is 1240. The first kappa shape index (κ1) is 19.4. The van der Waals surface area contributed by atoms with Gasteiger partial charge in [0.2, 0.25) is 11.7 Å². The molecule has 0 aliphatic carbocycles. The Kier molecular flexibility index (Phi) is 4.99. The Labute approximate surface area is 183 Å². The third kappa shape index (κ3) is 3.59. The number of carbonyl (C=O) groups excluding carboxylic acids is 1. The van der Waals surface area contributed by atoms with Crippen LogP contribution < -0.4 is 0 Å². The van der Waals surface area contributed by atoms with Crippen LogP contribution >= 0.6 is 11.6 Å². The molecule has 0 radical (unpaired) electrons. The second-order valence-electron chi connectivity index (χ2n) is 7.43. The summed E-state index contributed by atoms with van der Waals surface area (Å²) in [4.78, 5) is 21.3. The number of hydrogen-bond donors (Lipinski definition) is 0. The van der Waals surface area contributed by atoms with E-state index in [2.05, 4.69) is 20.3 Å². The average Bonchev–Trinajstić information content (AvgIpc) is 3.55. The van der Waals surface area contributed by atoms with Crippen molar-refractivity contribution in [2.45, 2.75) is 25.8 Å². The lowest BCUT2D eigenvalue weighted by atomic mass is 10.1. The number of likely N-dealkylation sites (tertiary alicyclic amines) is 1. The van der Waals surface area contributed by atoms with Gasteiger partial charge >= 0.3 is 0 Å². The number of hydrogen-bond acceptors (Lipinski definition) is 6. The van der Waals surface area contributed by atoms with Gasteiger partial charge in [0.05, 0.1) is 28.7 Å². The number of nitrogens with zero attached hydrogens (tertiary/aromatic N) is 6. The number of amides is 1. The van der Waals surface area contributed by atoms with E-state index in [0.717, 1.165) is 18.4 Å². The third-order valence-electron chi connectivity index (χ3n) is 5.37. The van der Waals surface area contributed by atoms with Gasteiger partial charge in [0.25, 0.3) is 5.91 Å². The molecule has 1 fully saturated rings. The van der Waals surface area contributed by atoms with E-state index in [-0.39, 0.29) is 11.9 Å². The molecule has 8 nitrogen and oxygen atoms in total. The molecule has 0 saturated carbocycles.